The molecular formula is C47H70O6. The van der Waals surface area contributed by atoms with Gasteiger partial charge in [0.25, 0.3) is 0 Å². The number of ether oxygens (including phenoxy) is 3. The van der Waals surface area contributed by atoms with Crippen LogP contribution in [0, 0.1) is 0 Å². The summed E-state index contributed by atoms with van der Waals surface area (Å²) in [5, 5.41) is 0. The van der Waals surface area contributed by atoms with E-state index in [0.717, 1.165) is 77.0 Å². The summed E-state index contributed by atoms with van der Waals surface area (Å²) in [5.74, 6) is -1.18. The fourth-order valence-electron chi connectivity index (χ4n) is 4.51. The summed E-state index contributed by atoms with van der Waals surface area (Å²) in [7, 11) is 0. The number of allylic oxidation sites excluding steroid dienone is 20. The van der Waals surface area contributed by atoms with Crippen molar-refractivity contribution in [1.82, 2.24) is 0 Å². The Morgan fingerprint density at radius 1 is 0.396 bits per heavy atom. The summed E-state index contributed by atoms with van der Waals surface area (Å²) in [4.78, 5) is 37.4. The van der Waals surface area contributed by atoms with E-state index >= 15 is 0 Å². The lowest BCUT2D eigenvalue weighted by Gasteiger charge is -2.18. The van der Waals surface area contributed by atoms with E-state index in [9.17, 15) is 14.4 Å². The quantitative estimate of drug-likeness (QED) is 0.0289. The van der Waals surface area contributed by atoms with Crippen LogP contribution in [-0.4, -0.2) is 37.2 Å². The molecule has 0 aliphatic heterocycles. The van der Waals surface area contributed by atoms with Gasteiger partial charge in [0.2, 0.25) is 0 Å². The van der Waals surface area contributed by atoms with Crippen molar-refractivity contribution < 1.29 is 28.6 Å². The predicted octanol–water partition coefficient (Wildman–Crippen LogP) is 12.6. The van der Waals surface area contributed by atoms with E-state index in [1.807, 2.05) is 24.3 Å². The highest BCUT2D eigenvalue weighted by atomic mass is 16.6. The van der Waals surface area contributed by atoms with Crippen molar-refractivity contribution in [3.05, 3.63) is 122 Å². The average molecular weight is 731 g/mol. The summed E-state index contributed by atoms with van der Waals surface area (Å²) in [6.45, 7) is 6.08. The molecule has 1 unspecified atom stereocenters. The van der Waals surface area contributed by atoms with Gasteiger partial charge in [0.05, 0.1) is 0 Å². The van der Waals surface area contributed by atoms with Crippen LogP contribution in [0.1, 0.15) is 136 Å². The molecule has 53 heavy (non-hydrogen) atoms. The first-order valence-electron chi connectivity index (χ1n) is 20.0. The van der Waals surface area contributed by atoms with Gasteiger partial charge in [-0.15, -0.1) is 0 Å². The second kappa shape index (κ2) is 40.6. The molecular weight excluding hydrogens is 661 g/mol. The minimum Gasteiger partial charge on any atom is -0.462 e. The Balaban J connectivity index is 4.57. The first kappa shape index (κ1) is 48.8. The summed E-state index contributed by atoms with van der Waals surface area (Å²) in [6, 6.07) is 0. The maximum atomic E-state index is 12.5. The molecule has 0 N–H and O–H groups in total. The molecule has 0 aliphatic rings. The summed E-state index contributed by atoms with van der Waals surface area (Å²) in [5.41, 5.74) is 0. The van der Waals surface area contributed by atoms with E-state index in [1.54, 1.807) is 0 Å². The normalized spacial score (nSPS) is 13.3. The van der Waals surface area contributed by atoms with E-state index in [0.29, 0.717) is 19.3 Å². The topological polar surface area (TPSA) is 78.9 Å². The van der Waals surface area contributed by atoms with Crippen molar-refractivity contribution in [1.29, 1.82) is 0 Å². The van der Waals surface area contributed by atoms with Crippen LogP contribution in [0.5, 0.6) is 0 Å². The van der Waals surface area contributed by atoms with Crippen LogP contribution in [0.4, 0.5) is 0 Å². The second-order valence-electron chi connectivity index (χ2n) is 12.4. The van der Waals surface area contributed by atoms with Crippen molar-refractivity contribution >= 4 is 17.9 Å². The van der Waals surface area contributed by atoms with Crippen LogP contribution in [0.2, 0.25) is 0 Å². The Kier molecular flexibility index (Phi) is 37.4. The Bertz CT molecular complexity index is 1210. The van der Waals surface area contributed by atoms with Gasteiger partial charge < -0.3 is 14.2 Å². The molecule has 0 radical (unpaired) electrons. The van der Waals surface area contributed by atoms with Crippen molar-refractivity contribution in [2.45, 2.75) is 142 Å². The molecule has 0 rings (SSSR count). The number of carbonyl (C=O) groups excluding carboxylic acids is 3. The Morgan fingerprint density at radius 2 is 0.736 bits per heavy atom. The molecule has 0 aliphatic carbocycles. The first-order valence-corrected chi connectivity index (χ1v) is 20.0. The van der Waals surface area contributed by atoms with Crippen LogP contribution in [0.15, 0.2) is 122 Å². The molecule has 294 valence electrons. The SMILES string of the molecule is CC/C=C\C/C=C\C/C=C\C/C=C\C/C=C\CCCC(=O)OCC(COC(=O)CC/C=C\C/C=C\C/C=C\CC)OC(=O)CC/C=C\C/C=C\CCC. The maximum absolute atomic E-state index is 12.5. The van der Waals surface area contributed by atoms with Crippen molar-refractivity contribution in [3.63, 3.8) is 0 Å². The number of rotatable bonds is 33. The van der Waals surface area contributed by atoms with Crippen LogP contribution < -0.4 is 0 Å². The van der Waals surface area contributed by atoms with Gasteiger partial charge >= 0.3 is 17.9 Å². The molecule has 0 aromatic rings. The number of unbranched alkanes of at least 4 members (excludes halogenated alkanes) is 2. The lowest BCUT2D eigenvalue weighted by Crippen LogP contribution is -2.30. The van der Waals surface area contributed by atoms with E-state index in [4.69, 9.17) is 14.2 Å². The van der Waals surface area contributed by atoms with Crippen LogP contribution in [0.25, 0.3) is 0 Å². The van der Waals surface area contributed by atoms with Gasteiger partial charge in [-0.25, -0.2) is 0 Å². The lowest BCUT2D eigenvalue weighted by molar-refractivity contribution is -0.166. The molecule has 0 heterocycles. The molecule has 0 aromatic heterocycles. The molecule has 0 bridgehead atoms. The highest BCUT2D eigenvalue weighted by Crippen LogP contribution is 2.07. The van der Waals surface area contributed by atoms with E-state index in [1.165, 1.54) is 0 Å². The van der Waals surface area contributed by atoms with Gasteiger partial charge in [-0.1, -0.05) is 149 Å². The second-order valence-corrected chi connectivity index (χ2v) is 12.4. The van der Waals surface area contributed by atoms with Crippen molar-refractivity contribution in [3.8, 4) is 0 Å². The zero-order valence-corrected chi connectivity index (χ0v) is 33.2. The fourth-order valence-corrected chi connectivity index (χ4v) is 4.51. The van der Waals surface area contributed by atoms with Gasteiger partial charge in [0.1, 0.15) is 13.2 Å². The smallest absolute Gasteiger partial charge is 0.306 e. The van der Waals surface area contributed by atoms with Crippen molar-refractivity contribution in [2.24, 2.45) is 0 Å². The van der Waals surface area contributed by atoms with Crippen LogP contribution >= 0.6 is 0 Å². The number of carbonyl (C=O) groups is 3. The largest absolute Gasteiger partial charge is 0.462 e. The van der Waals surface area contributed by atoms with Crippen molar-refractivity contribution in [2.75, 3.05) is 13.2 Å². The summed E-state index contributed by atoms with van der Waals surface area (Å²) < 4.78 is 16.4. The zero-order chi connectivity index (χ0) is 38.7. The number of hydrogen-bond donors (Lipinski definition) is 0. The summed E-state index contributed by atoms with van der Waals surface area (Å²) >= 11 is 0. The molecule has 0 spiro atoms. The molecule has 6 heteroatoms. The average Bonchev–Trinajstić information content (AvgIpc) is 3.15. The Morgan fingerprint density at radius 3 is 1.15 bits per heavy atom. The van der Waals surface area contributed by atoms with E-state index < -0.39 is 18.0 Å². The highest BCUT2D eigenvalue weighted by Gasteiger charge is 2.19. The summed E-state index contributed by atoms with van der Waals surface area (Å²) in [6.07, 6.45) is 55.2. The Hall–Kier alpha value is -4.19. The molecule has 0 saturated heterocycles. The van der Waals surface area contributed by atoms with Crippen LogP contribution in [0.3, 0.4) is 0 Å². The molecule has 0 aromatic carbocycles. The minimum atomic E-state index is -0.857. The van der Waals surface area contributed by atoms with Gasteiger partial charge in [0.15, 0.2) is 6.10 Å². The maximum Gasteiger partial charge on any atom is 0.306 e. The van der Waals surface area contributed by atoms with E-state index in [2.05, 4.69) is 118 Å². The molecule has 0 amide bonds. The highest BCUT2D eigenvalue weighted by molar-refractivity contribution is 5.71. The van der Waals surface area contributed by atoms with Gasteiger partial charge in [0, 0.05) is 19.3 Å². The first-order chi connectivity index (χ1) is 26.0. The molecule has 0 saturated carbocycles. The van der Waals surface area contributed by atoms with E-state index in [-0.39, 0.29) is 38.4 Å². The Labute approximate surface area is 322 Å². The van der Waals surface area contributed by atoms with Gasteiger partial charge in [-0.05, 0) is 89.9 Å². The van der Waals surface area contributed by atoms with Gasteiger partial charge in [-0.2, -0.15) is 0 Å². The third kappa shape index (κ3) is 38.9. The predicted molar refractivity (Wildman–Crippen MR) is 223 cm³/mol. The molecule has 1 atom stereocenters. The third-order valence-electron chi connectivity index (χ3n) is 7.44. The zero-order valence-electron chi connectivity index (χ0n) is 33.2. The minimum absolute atomic E-state index is 0.155. The van der Waals surface area contributed by atoms with Crippen LogP contribution in [-0.2, 0) is 28.6 Å². The number of esters is 3. The fraction of sp³-hybridized carbons (Fsp3) is 0.511. The molecule has 0 fully saturated rings. The van der Waals surface area contributed by atoms with Gasteiger partial charge in [-0.3, -0.25) is 14.4 Å². The number of hydrogen-bond acceptors (Lipinski definition) is 6. The monoisotopic (exact) mass is 731 g/mol. The third-order valence-corrected chi connectivity index (χ3v) is 7.44. The lowest BCUT2D eigenvalue weighted by atomic mass is 10.2. The molecule has 6 nitrogen and oxygen atoms in total. The standard InChI is InChI=1S/C47H70O6/c1-4-7-10-13-16-19-21-22-23-24-25-26-27-29-32-34-37-40-46(49)52-43-44(53-47(50)41-38-35-30-18-15-12-9-6-3)42-51-45(48)39-36-33-31-28-20-17-14-11-8-5-2/h7-8,10-12,15-17,19-20,22-23,25-26,29-33,35,44H,4-6,9,13-14,18,21,24,27-28,34,36-43H2,1-3H3/b10-7-,11-8-,15-12-,19-16-,20-17-,23-22-,26-25-,32-29-,33-31-,35-30-.